The molecule has 0 bridgehead atoms. The van der Waals surface area contributed by atoms with Gasteiger partial charge in [-0.2, -0.15) is 0 Å². The van der Waals surface area contributed by atoms with Crippen LogP contribution >= 0.6 is 15.9 Å². The van der Waals surface area contributed by atoms with E-state index in [2.05, 4.69) is 21.2 Å². The first kappa shape index (κ1) is 16.7. The molecule has 0 spiro atoms. The second kappa shape index (κ2) is 7.54. The highest BCUT2D eigenvalue weighted by Gasteiger charge is 2.32. The first-order valence-electron chi connectivity index (χ1n) is 7.25. The lowest BCUT2D eigenvalue weighted by Crippen LogP contribution is -2.46. The highest BCUT2D eigenvalue weighted by Crippen LogP contribution is 2.19. The number of ether oxygens (including phenoxy) is 1. The number of amides is 1. The molecule has 118 valence electrons. The number of hydrogen-bond acceptors (Lipinski definition) is 4. The molecule has 1 aromatic rings. The van der Waals surface area contributed by atoms with E-state index >= 15 is 0 Å². The lowest BCUT2D eigenvalue weighted by molar-refractivity contribution is -0.151. The summed E-state index contributed by atoms with van der Waals surface area (Å²) in [6.07, 6.45) is 2.48. The molecule has 6 heteroatoms. The molecule has 1 aromatic carbocycles. The normalized spacial score (nSPS) is 16.1. The molecule has 1 unspecified atom stereocenters. The van der Waals surface area contributed by atoms with Crippen molar-refractivity contribution in [2.24, 2.45) is 0 Å². The Labute approximate surface area is 137 Å². The summed E-state index contributed by atoms with van der Waals surface area (Å²) in [6.45, 7) is 1.19. The van der Waals surface area contributed by atoms with E-state index in [0.717, 1.165) is 30.2 Å². The summed E-state index contributed by atoms with van der Waals surface area (Å²) < 4.78 is 5.78. The van der Waals surface area contributed by atoms with E-state index in [1.807, 2.05) is 0 Å². The van der Waals surface area contributed by atoms with E-state index in [4.69, 9.17) is 4.74 Å². The Morgan fingerprint density at radius 3 is 2.32 bits per heavy atom. The summed E-state index contributed by atoms with van der Waals surface area (Å²) in [5.41, 5.74) is 0.330. The molecule has 1 amide bonds. The van der Waals surface area contributed by atoms with Gasteiger partial charge >= 0.3 is 5.97 Å². The van der Waals surface area contributed by atoms with Gasteiger partial charge in [-0.05, 0) is 25.0 Å². The van der Waals surface area contributed by atoms with Crippen molar-refractivity contribution in [2.45, 2.75) is 44.8 Å². The van der Waals surface area contributed by atoms with Crippen molar-refractivity contribution < 1.29 is 19.1 Å². The topological polar surface area (TPSA) is 72.5 Å². The third kappa shape index (κ3) is 4.40. The quantitative estimate of drug-likeness (QED) is 0.493. The van der Waals surface area contributed by atoms with Crippen LogP contribution in [0.15, 0.2) is 28.7 Å². The Hall–Kier alpha value is -1.69. The first-order chi connectivity index (χ1) is 10.5. The Morgan fingerprint density at radius 2 is 1.77 bits per heavy atom. The zero-order valence-electron chi connectivity index (χ0n) is 12.3. The lowest BCUT2D eigenvalue weighted by Gasteiger charge is -2.19. The number of carbonyl (C=O) groups excluding carboxylic acids is 3. The molecule has 22 heavy (non-hydrogen) atoms. The van der Waals surface area contributed by atoms with Crippen LogP contribution in [0.3, 0.4) is 0 Å². The van der Waals surface area contributed by atoms with Gasteiger partial charge in [0.25, 0.3) is 5.91 Å². The standard InChI is InChI=1S/C16H18BrNO4/c1-10(19)22-15(16(21)18-13-4-2-3-5-13)14(20)11-6-8-12(17)9-7-11/h6-9,13,15H,2-5H2,1H3,(H,18,21). The highest BCUT2D eigenvalue weighted by atomic mass is 79.9. The summed E-state index contributed by atoms with van der Waals surface area (Å²) in [4.78, 5) is 36.0. The molecule has 1 aliphatic carbocycles. The minimum absolute atomic E-state index is 0.0586. The molecule has 1 fully saturated rings. The zero-order valence-corrected chi connectivity index (χ0v) is 13.9. The maximum Gasteiger partial charge on any atom is 0.303 e. The third-order valence-electron chi connectivity index (χ3n) is 3.59. The van der Waals surface area contributed by atoms with Crippen LogP contribution in [0.5, 0.6) is 0 Å². The minimum Gasteiger partial charge on any atom is -0.444 e. The molecule has 1 saturated carbocycles. The van der Waals surface area contributed by atoms with Crippen molar-refractivity contribution in [1.29, 1.82) is 0 Å². The van der Waals surface area contributed by atoms with Gasteiger partial charge in [-0.15, -0.1) is 0 Å². The maximum absolute atomic E-state index is 12.5. The molecular formula is C16H18BrNO4. The van der Waals surface area contributed by atoms with E-state index in [9.17, 15) is 14.4 Å². The van der Waals surface area contributed by atoms with Crippen molar-refractivity contribution in [3.8, 4) is 0 Å². The van der Waals surface area contributed by atoms with Crippen molar-refractivity contribution >= 4 is 33.6 Å². The van der Waals surface area contributed by atoms with E-state index in [1.165, 1.54) is 6.92 Å². The summed E-state index contributed by atoms with van der Waals surface area (Å²) in [7, 11) is 0. The van der Waals surface area contributed by atoms with Crippen LogP contribution in [-0.2, 0) is 14.3 Å². The van der Waals surface area contributed by atoms with E-state index in [-0.39, 0.29) is 6.04 Å². The van der Waals surface area contributed by atoms with Crippen molar-refractivity contribution in [1.82, 2.24) is 5.32 Å². The smallest absolute Gasteiger partial charge is 0.303 e. The number of rotatable bonds is 5. The largest absolute Gasteiger partial charge is 0.444 e. The lowest BCUT2D eigenvalue weighted by atomic mass is 10.1. The molecule has 2 rings (SSSR count). The molecule has 0 radical (unpaired) electrons. The number of benzene rings is 1. The molecule has 5 nitrogen and oxygen atoms in total. The number of hydrogen-bond donors (Lipinski definition) is 1. The fraction of sp³-hybridized carbons (Fsp3) is 0.438. The maximum atomic E-state index is 12.5. The molecule has 0 heterocycles. The van der Waals surface area contributed by atoms with Crippen molar-refractivity contribution in [3.63, 3.8) is 0 Å². The second-order valence-corrected chi connectivity index (χ2v) is 6.27. The van der Waals surface area contributed by atoms with Gasteiger partial charge < -0.3 is 10.1 Å². The molecule has 1 N–H and O–H groups in total. The monoisotopic (exact) mass is 367 g/mol. The SMILES string of the molecule is CC(=O)OC(C(=O)NC1CCCC1)C(=O)c1ccc(Br)cc1. The summed E-state index contributed by atoms with van der Waals surface area (Å²) in [6, 6.07) is 6.64. The van der Waals surface area contributed by atoms with Crippen LogP contribution in [0.1, 0.15) is 43.0 Å². The number of carbonyl (C=O) groups is 3. The van der Waals surface area contributed by atoms with Gasteiger partial charge in [0.05, 0.1) is 0 Å². The number of Topliss-reactive ketones (excluding diaryl/α,β-unsaturated/α-hetero) is 1. The third-order valence-corrected chi connectivity index (χ3v) is 4.12. The van der Waals surface area contributed by atoms with Gasteiger partial charge in [0, 0.05) is 23.0 Å². The zero-order chi connectivity index (χ0) is 16.1. The Morgan fingerprint density at radius 1 is 1.18 bits per heavy atom. The average Bonchev–Trinajstić information content (AvgIpc) is 2.97. The van der Waals surface area contributed by atoms with E-state index in [1.54, 1.807) is 24.3 Å². The number of nitrogens with one attached hydrogen (secondary N) is 1. The van der Waals surface area contributed by atoms with Gasteiger partial charge in [-0.1, -0.05) is 40.9 Å². The van der Waals surface area contributed by atoms with Gasteiger partial charge in [0.2, 0.25) is 11.9 Å². The van der Waals surface area contributed by atoms with Crippen LogP contribution in [0.25, 0.3) is 0 Å². The van der Waals surface area contributed by atoms with Gasteiger partial charge in [0.15, 0.2) is 0 Å². The van der Waals surface area contributed by atoms with Crippen LogP contribution in [0, 0.1) is 0 Å². The average molecular weight is 368 g/mol. The Bertz CT molecular complexity index is 564. The fourth-order valence-corrected chi connectivity index (χ4v) is 2.77. The van der Waals surface area contributed by atoms with Gasteiger partial charge in [-0.3, -0.25) is 14.4 Å². The van der Waals surface area contributed by atoms with Crippen LogP contribution in [0.2, 0.25) is 0 Å². The summed E-state index contributed by atoms with van der Waals surface area (Å²) in [5.74, 6) is -1.72. The molecular weight excluding hydrogens is 350 g/mol. The van der Waals surface area contributed by atoms with Crippen molar-refractivity contribution in [3.05, 3.63) is 34.3 Å². The van der Waals surface area contributed by atoms with Gasteiger partial charge in [0.1, 0.15) is 0 Å². The fourth-order valence-electron chi connectivity index (χ4n) is 2.50. The number of ketones is 1. The van der Waals surface area contributed by atoms with Crippen molar-refractivity contribution in [2.75, 3.05) is 0 Å². The first-order valence-corrected chi connectivity index (χ1v) is 8.04. The summed E-state index contributed by atoms with van der Waals surface area (Å²) in [5, 5.41) is 2.80. The molecule has 0 aliphatic heterocycles. The van der Waals surface area contributed by atoms with Crippen LogP contribution in [-0.4, -0.2) is 29.8 Å². The van der Waals surface area contributed by atoms with Gasteiger partial charge in [-0.25, -0.2) is 0 Å². The minimum atomic E-state index is -1.43. The molecule has 1 atom stereocenters. The number of halogens is 1. The van der Waals surface area contributed by atoms with Crippen LogP contribution < -0.4 is 5.32 Å². The predicted octanol–water partition coefficient (Wildman–Crippen LogP) is 2.62. The second-order valence-electron chi connectivity index (χ2n) is 5.35. The molecule has 0 aromatic heterocycles. The molecule has 0 saturated heterocycles. The van der Waals surface area contributed by atoms with E-state index in [0.29, 0.717) is 5.56 Å². The highest BCUT2D eigenvalue weighted by molar-refractivity contribution is 9.10. The predicted molar refractivity (Wildman–Crippen MR) is 84.4 cm³/mol. The van der Waals surface area contributed by atoms with Crippen LogP contribution in [0.4, 0.5) is 0 Å². The number of esters is 1. The molecule has 1 aliphatic rings. The Kier molecular flexibility index (Phi) is 5.71. The Balaban J connectivity index is 2.13. The van der Waals surface area contributed by atoms with E-state index < -0.39 is 23.8 Å². The summed E-state index contributed by atoms with van der Waals surface area (Å²) >= 11 is 3.28.